The van der Waals surface area contributed by atoms with Gasteiger partial charge in [-0.2, -0.15) is 0 Å². The van der Waals surface area contributed by atoms with E-state index in [1.807, 2.05) is 0 Å². The van der Waals surface area contributed by atoms with Gasteiger partial charge in [0.2, 0.25) is 17.7 Å². The van der Waals surface area contributed by atoms with Crippen LogP contribution in [0.25, 0.3) is 0 Å². The van der Waals surface area contributed by atoms with Crippen LogP contribution in [-0.4, -0.2) is 89.5 Å². The zero-order valence-electron chi connectivity index (χ0n) is 34.8. The van der Waals surface area contributed by atoms with Crippen LogP contribution in [0.2, 0.25) is 0 Å². The molecule has 0 saturated carbocycles. The molecule has 1 rings (SSSR count). The van der Waals surface area contributed by atoms with Gasteiger partial charge in [0.25, 0.3) is 0 Å². The van der Waals surface area contributed by atoms with Crippen molar-refractivity contribution in [1.29, 1.82) is 0 Å². The second kappa shape index (κ2) is 34.5. The summed E-state index contributed by atoms with van der Waals surface area (Å²) in [5, 5.41) is 38.9. The fourth-order valence-electron chi connectivity index (χ4n) is 7.21. The summed E-state index contributed by atoms with van der Waals surface area (Å²) < 4.78 is 11.6. The SMILES string of the molecule is CCCCCCCCCCCCCCCCCC(=O)N[C@@H](CO[C@@H]1O[C@H](CO)[C@H](O)[C@H](O)[C@H]1NC(C)=O)C(=O)NCCCCCCCCCCCCCC. The predicted molar refractivity (Wildman–Crippen MR) is 217 cm³/mol. The third-order valence-electron chi connectivity index (χ3n) is 10.7. The normalized spacial score (nSPS) is 20.4. The first-order valence-corrected chi connectivity index (χ1v) is 22.3. The molecular weight excluding hydrogens is 686 g/mol. The van der Waals surface area contributed by atoms with Gasteiger partial charge in [0.05, 0.1) is 13.2 Å². The Morgan fingerprint density at radius 1 is 0.630 bits per heavy atom. The van der Waals surface area contributed by atoms with E-state index in [1.54, 1.807) is 0 Å². The monoisotopic (exact) mass is 770 g/mol. The molecule has 318 valence electrons. The van der Waals surface area contributed by atoms with E-state index in [9.17, 15) is 29.7 Å². The molecule has 1 heterocycles. The number of rotatable bonds is 36. The molecule has 0 radical (unpaired) electrons. The maximum Gasteiger partial charge on any atom is 0.244 e. The van der Waals surface area contributed by atoms with Gasteiger partial charge in [-0.05, 0) is 12.8 Å². The van der Waals surface area contributed by atoms with Gasteiger partial charge in [-0.1, -0.05) is 174 Å². The van der Waals surface area contributed by atoms with Crippen LogP contribution >= 0.6 is 0 Å². The molecule has 11 heteroatoms. The molecule has 6 N–H and O–H groups in total. The van der Waals surface area contributed by atoms with Gasteiger partial charge in [-0.3, -0.25) is 14.4 Å². The van der Waals surface area contributed by atoms with Crippen LogP contribution < -0.4 is 16.0 Å². The molecule has 0 aromatic heterocycles. The molecule has 1 saturated heterocycles. The van der Waals surface area contributed by atoms with E-state index in [0.717, 1.165) is 38.5 Å². The average molecular weight is 770 g/mol. The molecule has 0 aromatic rings. The maximum atomic E-state index is 13.3. The number of amides is 3. The first kappa shape index (κ1) is 50.2. The van der Waals surface area contributed by atoms with Gasteiger partial charge in [-0.15, -0.1) is 0 Å². The van der Waals surface area contributed by atoms with E-state index >= 15 is 0 Å². The molecule has 1 aliphatic rings. The van der Waals surface area contributed by atoms with E-state index in [1.165, 1.54) is 142 Å². The van der Waals surface area contributed by atoms with E-state index in [-0.39, 0.29) is 18.4 Å². The second-order valence-electron chi connectivity index (χ2n) is 15.8. The van der Waals surface area contributed by atoms with E-state index in [4.69, 9.17) is 9.47 Å². The van der Waals surface area contributed by atoms with Crippen molar-refractivity contribution < 1.29 is 39.2 Å². The van der Waals surface area contributed by atoms with E-state index < -0.39 is 49.2 Å². The van der Waals surface area contributed by atoms with Crippen molar-refractivity contribution >= 4 is 17.7 Å². The fourth-order valence-corrected chi connectivity index (χ4v) is 7.21. The molecule has 0 unspecified atom stereocenters. The standard InChI is InChI=1S/C43H83N3O8/c1-4-6-8-10-12-14-16-18-19-20-21-23-25-27-29-31-38(49)46-36(34-53-43-39(45-35(3)48)41(51)40(50)37(33-47)54-43)42(52)44-32-30-28-26-24-22-17-15-13-11-9-7-5-2/h36-37,39-41,43,47,50-51H,4-34H2,1-3H3,(H,44,52)(H,45,48)(H,46,49)/t36-,37+,39+,40-,41+,43+/m0/s1. The Hall–Kier alpha value is -1.79. The molecule has 54 heavy (non-hydrogen) atoms. The summed E-state index contributed by atoms with van der Waals surface area (Å²) in [4.78, 5) is 38.2. The molecule has 11 nitrogen and oxygen atoms in total. The zero-order chi connectivity index (χ0) is 39.7. The summed E-state index contributed by atoms with van der Waals surface area (Å²) in [5.41, 5.74) is 0. The fraction of sp³-hybridized carbons (Fsp3) is 0.930. The number of nitrogens with one attached hydrogen (secondary N) is 3. The van der Waals surface area contributed by atoms with Gasteiger partial charge >= 0.3 is 0 Å². The Labute approximate surface area is 329 Å². The van der Waals surface area contributed by atoms with Crippen LogP contribution in [0.1, 0.15) is 201 Å². The largest absolute Gasteiger partial charge is 0.394 e. The van der Waals surface area contributed by atoms with E-state index in [0.29, 0.717) is 13.0 Å². The van der Waals surface area contributed by atoms with Crippen molar-refractivity contribution in [1.82, 2.24) is 16.0 Å². The maximum absolute atomic E-state index is 13.3. The lowest BCUT2D eigenvalue weighted by Gasteiger charge is -2.42. The van der Waals surface area contributed by atoms with Crippen molar-refractivity contribution in [2.45, 2.75) is 237 Å². The number of unbranched alkanes of at least 4 members (excludes halogenated alkanes) is 25. The highest BCUT2D eigenvalue weighted by molar-refractivity contribution is 5.87. The third kappa shape index (κ3) is 25.4. The zero-order valence-corrected chi connectivity index (χ0v) is 34.8. The number of carbonyl (C=O) groups excluding carboxylic acids is 3. The Kier molecular flexibility index (Phi) is 32.1. The summed E-state index contributed by atoms with van der Waals surface area (Å²) in [6, 6.07) is -2.16. The van der Waals surface area contributed by atoms with Crippen molar-refractivity contribution in [3.63, 3.8) is 0 Å². The minimum atomic E-state index is -1.47. The number of hydrogen-bond donors (Lipinski definition) is 6. The Morgan fingerprint density at radius 3 is 1.48 bits per heavy atom. The van der Waals surface area contributed by atoms with Crippen LogP contribution in [0.3, 0.4) is 0 Å². The first-order valence-electron chi connectivity index (χ1n) is 22.3. The molecule has 0 aromatic carbocycles. The van der Waals surface area contributed by atoms with Crippen LogP contribution in [0, 0.1) is 0 Å². The highest BCUT2D eigenvalue weighted by Gasteiger charge is 2.45. The number of carbonyl (C=O) groups is 3. The molecule has 1 aliphatic heterocycles. The lowest BCUT2D eigenvalue weighted by atomic mass is 9.97. The smallest absolute Gasteiger partial charge is 0.244 e. The summed E-state index contributed by atoms with van der Waals surface area (Å²) in [6.45, 7) is 5.38. The Morgan fingerprint density at radius 2 is 1.06 bits per heavy atom. The summed E-state index contributed by atoms with van der Waals surface area (Å²) in [6.07, 6.45) is 28.2. The van der Waals surface area contributed by atoms with Gasteiger partial charge < -0.3 is 40.7 Å². The minimum Gasteiger partial charge on any atom is -0.394 e. The topological polar surface area (TPSA) is 166 Å². The van der Waals surface area contributed by atoms with Crippen LogP contribution in [-0.2, 0) is 23.9 Å². The van der Waals surface area contributed by atoms with Crippen molar-refractivity contribution in [3.05, 3.63) is 0 Å². The van der Waals surface area contributed by atoms with Crippen molar-refractivity contribution in [2.75, 3.05) is 19.8 Å². The third-order valence-corrected chi connectivity index (χ3v) is 10.7. The highest BCUT2D eigenvalue weighted by Crippen LogP contribution is 2.23. The highest BCUT2D eigenvalue weighted by atomic mass is 16.7. The first-order chi connectivity index (χ1) is 26.2. The molecule has 0 bridgehead atoms. The van der Waals surface area contributed by atoms with E-state index in [2.05, 4.69) is 29.8 Å². The number of aliphatic hydroxyl groups is 3. The predicted octanol–water partition coefficient (Wildman–Crippen LogP) is 7.51. The van der Waals surface area contributed by atoms with Gasteiger partial charge in [-0.25, -0.2) is 0 Å². The molecule has 0 spiro atoms. The van der Waals surface area contributed by atoms with Crippen LogP contribution in [0.5, 0.6) is 0 Å². The summed E-state index contributed by atoms with van der Waals surface area (Å²) >= 11 is 0. The van der Waals surface area contributed by atoms with Crippen LogP contribution in [0.15, 0.2) is 0 Å². The van der Waals surface area contributed by atoms with Gasteiger partial charge in [0, 0.05) is 19.9 Å². The minimum absolute atomic E-state index is 0.245. The second-order valence-corrected chi connectivity index (χ2v) is 15.8. The lowest BCUT2D eigenvalue weighted by molar-refractivity contribution is -0.271. The number of hydrogen-bond acceptors (Lipinski definition) is 8. The lowest BCUT2D eigenvalue weighted by Crippen LogP contribution is -2.65. The average Bonchev–Trinajstić information content (AvgIpc) is 3.15. The molecule has 1 fully saturated rings. The Bertz CT molecular complexity index is 925. The molecule has 0 aliphatic carbocycles. The molecule has 6 atom stereocenters. The van der Waals surface area contributed by atoms with Crippen LogP contribution in [0.4, 0.5) is 0 Å². The summed E-state index contributed by atoms with van der Waals surface area (Å²) in [7, 11) is 0. The van der Waals surface area contributed by atoms with Gasteiger partial charge in [0.15, 0.2) is 6.29 Å². The quantitative estimate of drug-likeness (QED) is 0.0356. The number of ether oxygens (including phenoxy) is 2. The van der Waals surface area contributed by atoms with Gasteiger partial charge in [0.1, 0.15) is 30.4 Å². The van der Waals surface area contributed by atoms with Crippen molar-refractivity contribution in [3.8, 4) is 0 Å². The molecule has 3 amide bonds. The molecular formula is C43H83N3O8. The van der Waals surface area contributed by atoms with Crippen molar-refractivity contribution in [2.24, 2.45) is 0 Å². The number of aliphatic hydroxyl groups excluding tert-OH is 3. The Balaban J connectivity index is 2.49. The summed E-state index contributed by atoms with van der Waals surface area (Å²) in [5.74, 6) is -1.10.